The van der Waals surface area contributed by atoms with E-state index < -0.39 is 5.97 Å². The second-order valence-corrected chi connectivity index (χ2v) is 5.13. The molecule has 1 aromatic heterocycles. The van der Waals surface area contributed by atoms with E-state index in [1.807, 2.05) is 19.1 Å². The normalized spacial score (nSPS) is 25.8. The average molecular weight is 251 g/mol. The Labute approximate surface area is 107 Å². The lowest BCUT2D eigenvalue weighted by Gasteiger charge is -2.29. The van der Waals surface area contributed by atoms with Crippen LogP contribution in [-0.4, -0.2) is 17.6 Å². The highest BCUT2D eigenvalue weighted by molar-refractivity contribution is 5.70. The zero-order chi connectivity index (χ0) is 13.0. The molecule has 1 saturated carbocycles. The predicted molar refractivity (Wildman–Crippen MR) is 68.2 cm³/mol. The van der Waals surface area contributed by atoms with Crippen molar-refractivity contribution in [2.24, 2.45) is 11.8 Å². The third-order valence-corrected chi connectivity index (χ3v) is 3.88. The lowest BCUT2D eigenvalue weighted by molar-refractivity contribution is -0.144. The highest BCUT2D eigenvalue weighted by Crippen LogP contribution is 2.30. The van der Waals surface area contributed by atoms with Gasteiger partial charge in [0.1, 0.15) is 5.76 Å². The molecule has 0 aliphatic heterocycles. The van der Waals surface area contributed by atoms with Gasteiger partial charge in [-0.3, -0.25) is 4.79 Å². The van der Waals surface area contributed by atoms with E-state index in [1.165, 1.54) is 0 Å². The molecular formula is C14H21NO3. The van der Waals surface area contributed by atoms with E-state index in [9.17, 15) is 9.90 Å². The zero-order valence-electron chi connectivity index (χ0n) is 10.8. The van der Waals surface area contributed by atoms with Crippen LogP contribution in [-0.2, 0) is 4.79 Å². The first kappa shape index (κ1) is 13.1. The molecule has 0 amide bonds. The first-order chi connectivity index (χ1) is 8.68. The molecule has 1 aliphatic rings. The molecule has 1 fully saturated rings. The van der Waals surface area contributed by atoms with E-state index in [-0.39, 0.29) is 17.9 Å². The van der Waals surface area contributed by atoms with Crippen molar-refractivity contribution in [3.05, 3.63) is 24.2 Å². The highest BCUT2D eigenvalue weighted by Gasteiger charge is 2.30. The number of hydrogen-bond acceptors (Lipinski definition) is 3. The summed E-state index contributed by atoms with van der Waals surface area (Å²) in [5.74, 6) is 0.313. The molecule has 1 aromatic rings. The largest absolute Gasteiger partial charge is 0.481 e. The molecule has 0 bridgehead atoms. The Morgan fingerprint density at radius 1 is 1.56 bits per heavy atom. The molecule has 4 heteroatoms. The van der Waals surface area contributed by atoms with Crippen LogP contribution in [0, 0.1) is 11.8 Å². The lowest BCUT2D eigenvalue weighted by Crippen LogP contribution is -2.35. The second-order valence-electron chi connectivity index (χ2n) is 5.13. The average Bonchev–Trinajstić information content (AvgIpc) is 2.90. The van der Waals surface area contributed by atoms with Crippen LogP contribution < -0.4 is 5.32 Å². The topological polar surface area (TPSA) is 62.5 Å². The van der Waals surface area contributed by atoms with Gasteiger partial charge in [-0.2, -0.15) is 0 Å². The van der Waals surface area contributed by atoms with Crippen LogP contribution in [0.15, 0.2) is 22.8 Å². The van der Waals surface area contributed by atoms with Crippen LogP contribution >= 0.6 is 0 Å². The van der Waals surface area contributed by atoms with Crippen molar-refractivity contribution in [2.45, 2.75) is 38.6 Å². The number of carboxylic acids is 1. The molecular weight excluding hydrogens is 230 g/mol. The van der Waals surface area contributed by atoms with E-state index in [4.69, 9.17) is 4.42 Å². The fourth-order valence-corrected chi connectivity index (χ4v) is 2.74. The van der Waals surface area contributed by atoms with Crippen molar-refractivity contribution < 1.29 is 14.3 Å². The molecule has 0 saturated heterocycles. The minimum Gasteiger partial charge on any atom is -0.481 e. The van der Waals surface area contributed by atoms with Gasteiger partial charge >= 0.3 is 5.97 Å². The molecule has 0 spiro atoms. The summed E-state index contributed by atoms with van der Waals surface area (Å²) in [7, 11) is 0. The van der Waals surface area contributed by atoms with Gasteiger partial charge in [0.2, 0.25) is 0 Å². The highest BCUT2D eigenvalue weighted by atomic mass is 16.4. The van der Waals surface area contributed by atoms with Crippen molar-refractivity contribution in [3.8, 4) is 0 Å². The summed E-state index contributed by atoms with van der Waals surface area (Å²) in [5.41, 5.74) is 0. The van der Waals surface area contributed by atoms with Crippen LogP contribution in [0.25, 0.3) is 0 Å². The summed E-state index contributed by atoms with van der Waals surface area (Å²) in [5, 5.41) is 12.6. The molecule has 3 unspecified atom stereocenters. The summed E-state index contributed by atoms with van der Waals surface area (Å²) >= 11 is 0. The minimum atomic E-state index is -0.646. The molecule has 4 nitrogen and oxygen atoms in total. The van der Waals surface area contributed by atoms with Crippen LogP contribution in [0.2, 0.25) is 0 Å². The third-order valence-electron chi connectivity index (χ3n) is 3.88. The van der Waals surface area contributed by atoms with Gasteiger partial charge in [0, 0.05) is 0 Å². The number of carboxylic acid groups (broad SMARTS) is 1. The maximum atomic E-state index is 11.2. The van der Waals surface area contributed by atoms with Gasteiger partial charge in [0.25, 0.3) is 0 Å². The third kappa shape index (κ3) is 3.13. The van der Waals surface area contributed by atoms with Crippen LogP contribution in [0.1, 0.15) is 44.4 Å². The number of aliphatic carboxylic acids is 1. The zero-order valence-corrected chi connectivity index (χ0v) is 10.8. The van der Waals surface area contributed by atoms with Crippen molar-refractivity contribution >= 4 is 5.97 Å². The Hall–Kier alpha value is -1.29. The van der Waals surface area contributed by atoms with E-state index in [0.29, 0.717) is 0 Å². The first-order valence-corrected chi connectivity index (χ1v) is 6.68. The summed E-state index contributed by atoms with van der Waals surface area (Å²) in [6.45, 7) is 2.79. The molecule has 100 valence electrons. The molecule has 0 aromatic carbocycles. The molecule has 18 heavy (non-hydrogen) atoms. The molecule has 2 rings (SSSR count). The maximum absolute atomic E-state index is 11.2. The van der Waals surface area contributed by atoms with Crippen molar-refractivity contribution in [2.75, 3.05) is 6.54 Å². The van der Waals surface area contributed by atoms with Gasteiger partial charge in [-0.15, -0.1) is 0 Å². The lowest BCUT2D eigenvalue weighted by atomic mass is 9.79. The van der Waals surface area contributed by atoms with Gasteiger partial charge in [0.05, 0.1) is 18.2 Å². The number of nitrogens with one attached hydrogen (secondary N) is 1. The van der Waals surface area contributed by atoms with Crippen LogP contribution in [0.3, 0.4) is 0 Å². The number of rotatable bonds is 5. The molecule has 0 radical (unpaired) electrons. The van der Waals surface area contributed by atoms with Crippen molar-refractivity contribution in [3.63, 3.8) is 0 Å². The molecule has 1 aliphatic carbocycles. The van der Waals surface area contributed by atoms with E-state index in [2.05, 4.69) is 5.32 Å². The fraction of sp³-hybridized carbons (Fsp3) is 0.643. The number of carbonyl (C=O) groups is 1. The summed E-state index contributed by atoms with van der Waals surface area (Å²) in [4.78, 5) is 11.2. The van der Waals surface area contributed by atoms with E-state index in [0.717, 1.165) is 38.0 Å². The summed E-state index contributed by atoms with van der Waals surface area (Å²) < 4.78 is 5.33. The Balaban J connectivity index is 1.86. The summed E-state index contributed by atoms with van der Waals surface area (Å²) in [6, 6.07) is 3.94. The van der Waals surface area contributed by atoms with E-state index in [1.54, 1.807) is 6.26 Å². The van der Waals surface area contributed by atoms with Gasteiger partial charge in [0.15, 0.2) is 0 Å². The predicted octanol–water partition coefficient (Wildman–Crippen LogP) is 2.82. The monoisotopic (exact) mass is 251 g/mol. The van der Waals surface area contributed by atoms with Gasteiger partial charge in [-0.1, -0.05) is 12.8 Å². The SMILES string of the molecule is CC(NCC1CCCCC1C(=O)O)c1ccco1. The standard InChI is InChI=1S/C14H21NO3/c1-10(13-7-4-8-18-13)15-9-11-5-2-3-6-12(11)14(16)17/h4,7-8,10-12,15H,2-3,5-6,9H2,1H3,(H,16,17). The molecule has 3 atom stereocenters. The Morgan fingerprint density at radius 3 is 3.00 bits per heavy atom. The van der Waals surface area contributed by atoms with Gasteiger partial charge in [-0.05, 0) is 44.4 Å². The second kappa shape index (κ2) is 6.05. The number of furan rings is 1. The van der Waals surface area contributed by atoms with Crippen molar-refractivity contribution in [1.82, 2.24) is 5.32 Å². The first-order valence-electron chi connectivity index (χ1n) is 6.68. The molecule has 2 N–H and O–H groups in total. The van der Waals surface area contributed by atoms with Crippen molar-refractivity contribution in [1.29, 1.82) is 0 Å². The molecule has 1 heterocycles. The Morgan fingerprint density at radius 2 is 2.33 bits per heavy atom. The van der Waals surface area contributed by atoms with Gasteiger partial charge < -0.3 is 14.8 Å². The quantitative estimate of drug-likeness (QED) is 0.844. The van der Waals surface area contributed by atoms with Crippen LogP contribution in [0.5, 0.6) is 0 Å². The summed E-state index contributed by atoms with van der Waals surface area (Å²) in [6.07, 6.45) is 5.67. The number of hydrogen-bond donors (Lipinski definition) is 2. The maximum Gasteiger partial charge on any atom is 0.306 e. The van der Waals surface area contributed by atoms with Crippen LogP contribution in [0.4, 0.5) is 0 Å². The Bertz CT molecular complexity index is 374. The van der Waals surface area contributed by atoms with Gasteiger partial charge in [-0.25, -0.2) is 0 Å². The minimum absolute atomic E-state index is 0.136. The smallest absolute Gasteiger partial charge is 0.306 e. The Kier molecular flexibility index (Phi) is 4.42. The fourth-order valence-electron chi connectivity index (χ4n) is 2.74. The van der Waals surface area contributed by atoms with E-state index >= 15 is 0 Å².